The molecule has 6 heteroatoms. The number of benzene rings is 1. The molecule has 0 saturated carbocycles. The SMILES string of the molecule is N#CSc1cc2c(cc1C(F)(F)F)NCC2. The first-order valence-corrected chi connectivity index (χ1v) is 5.38. The molecule has 0 atom stereocenters. The summed E-state index contributed by atoms with van der Waals surface area (Å²) in [7, 11) is 0. The monoisotopic (exact) mass is 244 g/mol. The van der Waals surface area contributed by atoms with E-state index in [0.29, 0.717) is 30.4 Å². The molecule has 1 aliphatic rings. The zero-order valence-electron chi connectivity index (χ0n) is 8.06. The van der Waals surface area contributed by atoms with E-state index in [9.17, 15) is 13.2 Å². The van der Waals surface area contributed by atoms with E-state index < -0.39 is 11.7 Å². The van der Waals surface area contributed by atoms with Crippen molar-refractivity contribution in [3.05, 3.63) is 23.3 Å². The first kappa shape index (κ1) is 11.1. The number of thioether (sulfide) groups is 1. The second-order valence-corrected chi connectivity index (χ2v) is 4.20. The fourth-order valence-electron chi connectivity index (χ4n) is 1.68. The highest BCUT2D eigenvalue weighted by Gasteiger charge is 2.35. The normalized spacial score (nSPS) is 14.1. The van der Waals surface area contributed by atoms with E-state index in [1.165, 1.54) is 6.07 Å². The molecule has 0 bridgehead atoms. The molecule has 0 amide bonds. The minimum atomic E-state index is -4.42. The summed E-state index contributed by atoms with van der Waals surface area (Å²) in [6.07, 6.45) is -3.72. The standard InChI is InChI=1S/C10H7F3N2S/c11-10(12,13)7-4-8-6(1-2-15-8)3-9(7)16-5-14/h3-4,15H,1-2H2. The van der Waals surface area contributed by atoms with Gasteiger partial charge in [0.25, 0.3) is 0 Å². The Morgan fingerprint density at radius 2 is 2.12 bits per heavy atom. The summed E-state index contributed by atoms with van der Waals surface area (Å²) in [5.41, 5.74) is 0.618. The van der Waals surface area contributed by atoms with Crippen molar-refractivity contribution >= 4 is 17.4 Å². The highest BCUT2D eigenvalue weighted by molar-refractivity contribution is 8.03. The number of halogens is 3. The van der Waals surface area contributed by atoms with Crippen molar-refractivity contribution in [3.63, 3.8) is 0 Å². The van der Waals surface area contributed by atoms with Gasteiger partial charge in [0, 0.05) is 17.1 Å². The van der Waals surface area contributed by atoms with Crippen LogP contribution in [0.4, 0.5) is 18.9 Å². The molecule has 1 heterocycles. The van der Waals surface area contributed by atoms with Crippen LogP contribution >= 0.6 is 11.8 Å². The van der Waals surface area contributed by atoms with Crippen molar-refractivity contribution in [2.45, 2.75) is 17.5 Å². The molecule has 1 aliphatic heterocycles. The molecule has 0 spiro atoms. The molecule has 0 fully saturated rings. The summed E-state index contributed by atoms with van der Waals surface area (Å²) in [5, 5.41) is 13.1. The Morgan fingerprint density at radius 3 is 2.75 bits per heavy atom. The third kappa shape index (κ3) is 1.95. The predicted molar refractivity (Wildman–Crippen MR) is 55.1 cm³/mol. The molecule has 2 nitrogen and oxygen atoms in total. The first-order valence-electron chi connectivity index (χ1n) is 4.56. The summed E-state index contributed by atoms with van der Waals surface area (Å²) < 4.78 is 38.1. The summed E-state index contributed by atoms with van der Waals surface area (Å²) in [6, 6.07) is 2.54. The lowest BCUT2D eigenvalue weighted by Gasteiger charge is -2.12. The van der Waals surface area contributed by atoms with E-state index in [4.69, 9.17) is 5.26 Å². The van der Waals surface area contributed by atoms with Crippen LogP contribution in [0.2, 0.25) is 0 Å². The van der Waals surface area contributed by atoms with Gasteiger partial charge in [-0.25, -0.2) is 0 Å². The van der Waals surface area contributed by atoms with Crippen LogP contribution in [0.3, 0.4) is 0 Å². The number of alkyl halides is 3. The maximum Gasteiger partial charge on any atom is 0.417 e. The second kappa shape index (κ2) is 3.91. The molecule has 0 saturated heterocycles. The van der Waals surface area contributed by atoms with E-state index in [0.717, 1.165) is 11.6 Å². The molecular weight excluding hydrogens is 237 g/mol. The number of nitrogens with zero attached hydrogens (tertiary/aromatic N) is 1. The Morgan fingerprint density at radius 1 is 1.38 bits per heavy atom. The van der Waals surface area contributed by atoms with Gasteiger partial charge in [0.15, 0.2) is 0 Å². The highest BCUT2D eigenvalue weighted by Crippen LogP contribution is 2.40. The molecule has 1 N–H and O–H groups in total. The van der Waals surface area contributed by atoms with Gasteiger partial charge in [-0.2, -0.15) is 18.4 Å². The molecule has 16 heavy (non-hydrogen) atoms. The van der Waals surface area contributed by atoms with Crippen LogP contribution in [0.25, 0.3) is 0 Å². The van der Waals surface area contributed by atoms with Crippen LogP contribution < -0.4 is 5.32 Å². The number of nitriles is 1. The Hall–Kier alpha value is -1.35. The Kier molecular flexibility index (Phi) is 2.72. The van der Waals surface area contributed by atoms with Crippen molar-refractivity contribution in [2.75, 3.05) is 11.9 Å². The summed E-state index contributed by atoms with van der Waals surface area (Å²) in [4.78, 5) is -0.0162. The number of hydrogen-bond donors (Lipinski definition) is 1. The van der Waals surface area contributed by atoms with Crippen LogP contribution in [-0.2, 0) is 12.6 Å². The average Bonchev–Trinajstić information content (AvgIpc) is 2.62. The molecule has 1 aromatic rings. The predicted octanol–water partition coefficient (Wildman–Crippen LogP) is 3.25. The Balaban J connectivity index is 2.54. The number of rotatable bonds is 1. The molecular formula is C10H7F3N2S. The highest BCUT2D eigenvalue weighted by atomic mass is 32.2. The third-order valence-corrected chi connectivity index (χ3v) is 3.03. The zero-order valence-corrected chi connectivity index (χ0v) is 8.87. The van der Waals surface area contributed by atoms with Crippen LogP contribution in [0.1, 0.15) is 11.1 Å². The quantitative estimate of drug-likeness (QED) is 0.608. The number of nitrogens with one attached hydrogen (secondary N) is 1. The van der Waals surface area contributed by atoms with Crippen LogP contribution in [0.5, 0.6) is 0 Å². The van der Waals surface area contributed by atoms with Gasteiger partial charge in [0.2, 0.25) is 0 Å². The van der Waals surface area contributed by atoms with Crippen LogP contribution in [0, 0.1) is 10.7 Å². The summed E-state index contributed by atoms with van der Waals surface area (Å²) in [6.45, 7) is 0.646. The molecule has 0 aliphatic carbocycles. The van der Waals surface area contributed by atoms with Gasteiger partial charge in [-0.3, -0.25) is 0 Å². The minimum Gasteiger partial charge on any atom is -0.384 e. The van der Waals surface area contributed by atoms with Crippen molar-refractivity contribution in [2.24, 2.45) is 0 Å². The van der Waals surface area contributed by atoms with Gasteiger partial charge >= 0.3 is 6.18 Å². The van der Waals surface area contributed by atoms with E-state index in [1.54, 1.807) is 5.40 Å². The molecule has 2 rings (SSSR count). The molecule has 1 aromatic carbocycles. The summed E-state index contributed by atoms with van der Waals surface area (Å²) in [5.74, 6) is 0. The fraction of sp³-hybridized carbons (Fsp3) is 0.300. The van der Waals surface area contributed by atoms with Gasteiger partial charge in [0.1, 0.15) is 5.40 Å². The van der Waals surface area contributed by atoms with Crippen molar-refractivity contribution in [1.82, 2.24) is 0 Å². The maximum absolute atomic E-state index is 12.7. The first-order chi connectivity index (χ1) is 7.52. The number of fused-ring (bicyclic) bond motifs is 1. The van der Waals surface area contributed by atoms with Gasteiger partial charge in [-0.05, 0) is 35.9 Å². The number of thiocyanates is 1. The van der Waals surface area contributed by atoms with Gasteiger partial charge < -0.3 is 5.32 Å². The Bertz CT molecular complexity index is 462. The molecule has 0 unspecified atom stereocenters. The number of hydrogen-bond acceptors (Lipinski definition) is 3. The number of anilines is 1. The minimum absolute atomic E-state index is 0.0162. The van der Waals surface area contributed by atoms with Crippen molar-refractivity contribution in [3.8, 4) is 5.40 Å². The van der Waals surface area contributed by atoms with Crippen molar-refractivity contribution < 1.29 is 13.2 Å². The lowest BCUT2D eigenvalue weighted by Crippen LogP contribution is -2.07. The average molecular weight is 244 g/mol. The lowest BCUT2D eigenvalue weighted by atomic mass is 10.1. The van der Waals surface area contributed by atoms with E-state index in [2.05, 4.69) is 5.32 Å². The van der Waals surface area contributed by atoms with E-state index in [-0.39, 0.29) is 4.90 Å². The third-order valence-electron chi connectivity index (χ3n) is 2.38. The topological polar surface area (TPSA) is 35.8 Å². The van der Waals surface area contributed by atoms with Gasteiger partial charge in [-0.1, -0.05) is 0 Å². The smallest absolute Gasteiger partial charge is 0.384 e. The maximum atomic E-state index is 12.7. The fourth-order valence-corrected chi connectivity index (χ4v) is 2.26. The largest absolute Gasteiger partial charge is 0.417 e. The molecule has 84 valence electrons. The van der Waals surface area contributed by atoms with Gasteiger partial charge in [0.05, 0.1) is 5.56 Å². The Labute approximate surface area is 94.4 Å². The van der Waals surface area contributed by atoms with E-state index in [1.807, 2.05) is 0 Å². The molecule has 0 aromatic heterocycles. The van der Waals surface area contributed by atoms with Crippen molar-refractivity contribution in [1.29, 1.82) is 5.26 Å². The van der Waals surface area contributed by atoms with Crippen LogP contribution in [-0.4, -0.2) is 6.54 Å². The zero-order chi connectivity index (χ0) is 11.8. The lowest BCUT2D eigenvalue weighted by molar-refractivity contribution is -0.139. The van der Waals surface area contributed by atoms with E-state index >= 15 is 0 Å². The second-order valence-electron chi connectivity index (χ2n) is 3.37. The van der Waals surface area contributed by atoms with Crippen LogP contribution in [0.15, 0.2) is 17.0 Å². The van der Waals surface area contributed by atoms with Gasteiger partial charge in [-0.15, -0.1) is 0 Å². The molecule has 0 radical (unpaired) electrons. The summed E-state index contributed by atoms with van der Waals surface area (Å²) >= 11 is 0.553.